The highest BCUT2D eigenvalue weighted by Gasteiger charge is 2.24. The van der Waals surface area contributed by atoms with Crippen LogP contribution in [0, 0.1) is 11.8 Å². The summed E-state index contributed by atoms with van der Waals surface area (Å²) in [6.07, 6.45) is 28.2. The summed E-state index contributed by atoms with van der Waals surface area (Å²) in [4.78, 5) is 13.6. The molecule has 0 bridgehead atoms. The molecule has 3 fully saturated rings. The molecule has 2 aliphatic carbocycles. The fraction of sp³-hybridized carbons (Fsp3) is 0.459. The van der Waals surface area contributed by atoms with E-state index in [1.165, 1.54) is 155 Å². The maximum atomic E-state index is 11.2. The lowest BCUT2D eigenvalue weighted by Gasteiger charge is -2.29. The van der Waals surface area contributed by atoms with Gasteiger partial charge in [0.15, 0.2) is 0 Å². The van der Waals surface area contributed by atoms with Crippen molar-refractivity contribution in [1.29, 1.82) is 0 Å². The van der Waals surface area contributed by atoms with E-state index in [0.717, 1.165) is 66.9 Å². The SMILES string of the molecule is C=CC(=O)OCCCCCCC1CCC(c2ccc(-c3ccc(C4CCC(CCCCCCc5ccc(N=Nc6ccc(N=Nc7ccc(N8CCCC8)cc7)cc6)cc5)CC4)cc3)cc2)CC1. The summed E-state index contributed by atoms with van der Waals surface area (Å²) in [5.74, 6) is 2.88. The zero-order valence-corrected chi connectivity index (χ0v) is 40.7. The maximum absolute atomic E-state index is 11.2. The van der Waals surface area contributed by atoms with E-state index in [4.69, 9.17) is 4.74 Å². The second-order valence-electron chi connectivity index (χ2n) is 20.0. The topological polar surface area (TPSA) is 79.0 Å². The summed E-state index contributed by atoms with van der Waals surface area (Å²) < 4.78 is 5.09. The number of hydrogen-bond donors (Lipinski definition) is 0. The molecule has 0 unspecified atom stereocenters. The minimum atomic E-state index is -0.310. The number of ether oxygens (including phenoxy) is 1. The molecule has 1 heterocycles. The van der Waals surface area contributed by atoms with Gasteiger partial charge in [0, 0.05) is 24.9 Å². The van der Waals surface area contributed by atoms with Gasteiger partial charge in [0.2, 0.25) is 0 Å². The average Bonchev–Trinajstić information content (AvgIpc) is 3.95. The number of carbonyl (C=O) groups is 1. The van der Waals surface area contributed by atoms with E-state index in [1.54, 1.807) is 0 Å². The van der Waals surface area contributed by atoms with Crippen molar-refractivity contribution in [1.82, 2.24) is 0 Å². The molecule has 1 aliphatic heterocycles. The Morgan fingerprint density at radius 1 is 0.500 bits per heavy atom. The van der Waals surface area contributed by atoms with Crippen LogP contribution in [0.1, 0.15) is 157 Å². The van der Waals surface area contributed by atoms with E-state index in [-0.39, 0.29) is 5.97 Å². The van der Waals surface area contributed by atoms with Crippen LogP contribution in [0.2, 0.25) is 0 Å². The molecule has 5 aromatic rings. The predicted octanol–water partition coefficient (Wildman–Crippen LogP) is 18.2. The number of hydrogen-bond acceptors (Lipinski definition) is 7. The van der Waals surface area contributed by atoms with Crippen molar-refractivity contribution in [3.8, 4) is 11.1 Å². The number of unbranched alkanes of at least 4 members (excludes halogenated alkanes) is 6. The lowest BCUT2D eigenvalue weighted by molar-refractivity contribution is -0.137. The lowest BCUT2D eigenvalue weighted by Crippen LogP contribution is -2.17. The van der Waals surface area contributed by atoms with Crippen LogP contribution >= 0.6 is 0 Å². The third kappa shape index (κ3) is 15.2. The summed E-state index contributed by atoms with van der Waals surface area (Å²) in [7, 11) is 0. The second kappa shape index (κ2) is 26.2. The van der Waals surface area contributed by atoms with Crippen LogP contribution in [0.5, 0.6) is 0 Å². The number of benzene rings is 5. The largest absolute Gasteiger partial charge is 0.463 e. The number of rotatable bonds is 23. The first-order valence-electron chi connectivity index (χ1n) is 26.4. The van der Waals surface area contributed by atoms with E-state index < -0.39 is 0 Å². The van der Waals surface area contributed by atoms with Gasteiger partial charge in [-0.05, 0) is 196 Å². The molecule has 2 saturated carbocycles. The van der Waals surface area contributed by atoms with Crippen LogP contribution < -0.4 is 4.90 Å². The van der Waals surface area contributed by atoms with E-state index in [9.17, 15) is 4.79 Å². The zero-order chi connectivity index (χ0) is 46.6. The zero-order valence-electron chi connectivity index (χ0n) is 40.7. The molecule has 8 rings (SSSR count). The normalized spacial score (nSPS) is 19.7. The molecule has 356 valence electrons. The van der Waals surface area contributed by atoms with Gasteiger partial charge in [0.1, 0.15) is 0 Å². The van der Waals surface area contributed by atoms with Gasteiger partial charge in [-0.3, -0.25) is 0 Å². The van der Waals surface area contributed by atoms with Gasteiger partial charge in [-0.25, -0.2) is 4.79 Å². The van der Waals surface area contributed by atoms with E-state index in [0.29, 0.717) is 18.4 Å². The molecule has 1 saturated heterocycles. The van der Waals surface area contributed by atoms with Gasteiger partial charge < -0.3 is 9.64 Å². The smallest absolute Gasteiger partial charge is 0.330 e. The number of carbonyl (C=O) groups excluding carboxylic acids is 1. The molecule has 5 aromatic carbocycles. The fourth-order valence-corrected chi connectivity index (χ4v) is 11.0. The van der Waals surface area contributed by atoms with Crippen molar-refractivity contribution in [2.24, 2.45) is 32.3 Å². The third-order valence-electron chi connectivity index (χ3n) is 15.2. The average molecular weight is 910 g/mol. The Kier molecular flexibility index (Phi) is 18.8. The van der Waals surface area contributed by atoms with Crippen LogP contribution in [0.3, 0.4) is 0 Å². The van der Waals surface area contributed by atoms with Crippen molar-refractivity contribution in [3.63, 3.8) is 0 Å². The Balaban J connectivity index is 0.657. The maximum Gasteiger partial charge on any atom is 0.330 e. The highest BCUT2D eigenvalue weighted by molar-refractivity contribution is 5.81. The van der Waals surface area contributed by atoms with Gasteiger partial charge >= 0.3 is 5.97 Å². The first kappa shape index (κ1) is 48.8. The monoisotopic (exact) mass is 910 g/mol. The van der Waals surface area contributed by atoms with Crippen molar-refractivity contribution >= 4 is 34.4 Å². The van der Waals surface area contributed by atoms with E-state index in [1.807, 2.05) is 36.4 Å². The Labute approximate surface area is 407 Å². The molecule has 0 spiro atoms. The number of anilines is 1. The van der Waals surface area contributed by atoms with Crippen molar-refractivity contribution in [3.05, 3.63) is 151 Å². The number of nitrogens with zero attached hydrogens (tertiary/aromatic N) is 5. The van der Waals surface area contributed by atoms with E-state index >= 15 is 0 Å². The highest BCUT2D eigenvalue weighted by atomic mass is 16.5. The third-order valence-corrected chi connectivity index (χ3v) is 15.2. The number of esters is 1. The van der Waals surface area contributed by atoms with Gasteiger partial charge in [0.05, 0.1) is 29.4 Å². The Bertz CT molecular complexity index is 2320. The minimum absolute atomic E-state index is 0.310. The summed E-state index contributed by atoms with van der Waals surface area (Å²) >= 11 is 0. The lowest BCUT2D eigenvalue weighted by atomic mass is 9.76. The number of azo groups is 2. The van der Waals surface area contributed by atoms with Crippen LogP contribution in [0.25, 0.3) is 11.1 Å². The van der Waals surface area contributed by atoms with Crippen LogP contribution in [-0.2, 0) is 16.0 Å². The quantitative estimate of drug-likeness (QED) is 0.0283. The van der Waals surface area contributed by atoms with Crippen LogP contribution in [-0.4, -0.2) is 25.7 Å². The molecule has 7 nitrogen and oxygen atoms in total. The summed E-state index contributed by atoms with van der Waals surface area (Å²) in [5, 5.41) is 17.8. The summed E-state index contributed by atoms with van der Waals surface area (Å²) in [5.41, 5.74) is 11.7. The van der Waals surface area contributed by atoms with Crippen LogP contribution in [0.15, 0.2) is 154 Å². The molecular weight excluding hydrogens is 835 g/mol. The molecule has 68 heavy (non-hydrogen) atoms. The molecule has 0 radical (unpaired) electrons. The van der Waals surface area contributed by atoms with Crippen molar-refractivity contribution < 1.29 is 9.53 Å². The second-order valence-corrected chi connectivity index (χ2v) is 20.0. The van der Waals surface area contributed by atoms with Crippen molar-refractivity contribution in [2.45, 2.75) is 147 Å². The molecule has 3 aliphatic rings. The Hall–Kier alpha value is -5.69. The van der Waals surface area contributed by atoms with Crippen LogP contribution in [0.4, 0.5) is 28.4 Å². The highest BCUT2D eigenvalue weighted by Crippen LogP contribution is 2.40. The first-order chi connectivity index (χ1) is 33.5. The van der Waals surface area contributed by atoms with Gasteiger partial charge in [-0.2, -0.15) is 20.5 Å². The molecule has 7 heteroatoms. The van der Waals surface area contributed by atoms with Gasteiger partial charge in [-0.15, -0.1) is 0 Å². The Morgan fingerprint density at radius 2 is 0.912 bits per heavy atom. The summed E-state index contributed by atoms with van der Waals surface area (Å²) in [6, 6.07) is 43.7. The van der Waals surface area contributed by atoms with E-state index in [2.05, 4.69) is 117 Å². The predicted molar refractivity (Wildman–Crippen MR) is 281 cm³/mol. The minimum Gasteiger partial charge on any atom is -0.463 e. The number of aryl methyl sites for hydroxylation is 1. The van der Waals surface area contributed by atoms with Gasteiger partial charge in [0.25, 0.3) is 0 Å². The molecule has 0 atom stereocenters. The molecule has 0 aromatic heterocycles. The standard InChI is InChI=1S/C61H75N5O2/c1-2-61(67)68-46-12-6-5-9-14-48-18-24-51(25-19-48)53-28-32-55(33-29-53)54-30-26-52(27-31-54)50-22-16-47(17-23-50)13-7-3-4-8-15-49-20-34-56(35-21-49)62-63-57-36-38-58(39-37-57)64-65-59-40-42-60(43-41-59)66-44-10-11-45-66/h2,20-21,26-43,47-48,50-51H,1,3-19,22-25,44-46H2. The first-order valence-corrected chi connectivity index (χ1v) is 26.4. The van der Waals surface area contributed by atoms with Gasteiger partial charge in [-0.1, -0.05) is 119 Å². The molecular formula is C61H75N5O2. The summed E-state index contributed by atoms with van der Waals surface area (Å²) in [6.45, 7) is 6.25. The van der Waals surface area contributed by atoms with Crippen molar-refractivity contribution in [2.75, 3.05) is 24.6 Å². The fourth-order valence-electron chi connectivity index (χ4n) is 11.0. The molecule has 0 amide bonds. The Morgan fingerprint density at radius 3 is 1.37 bits per heavy atom. The molecule has 0 N–H and O–H groups in total.